The molecule has 3 atom stereocenters. The first-order valence-electron chi connectivity index (χ1n) is 7.05. The van der Waals surface area contributed by atoms with Gasteiger partial charge in [0.15, 0.2) is 0 Å². The first-order chi connectivity index (χ1) is 8.34. The van der Waals surface area contributed by atoms with Gasteiger partial charge in [0.05, 0.1) is 6.04 Å². The number of likely N-dealkylation sites (tertiary alicyclic amines) is 1. The van der Waals surface area contributed by atoms with Crippen molar-refractivity contribution in [2.75, 3.05) is 27.2 Å². The molecule has 1 heterocycles. The van der Waals surface area contributed by atoms with Crippen LogP contribution in [0.25, 0.3) is 0 Å². The van der Waals surface area contributed by atoms with Gasteiger partial charge in [0.25, 0.3) is 0 Å². The number of likely N-dealkylation sites (N-methyl/N-ethyl adjacent to an activating group) is 1. The Morgan fingerprint density at radius 3 is 2.39 bits per heavy atom. The lowest BCUT2D eigenvalue weighted by Gasteiger charge is -2.38. The maximum Gasteiger partial charge on any atom is 0.240 e. The largest absolute Gasteiger partial charge is 0.341 e. The molecule has 18 heavy (non-hydrogen) atoms. The van der Waals surface area contributed by atoms with E-state index in [1.807, 2.05) is 30.8 Å². The summed E-state index contributed by atoms with van der Waals surface area (Å²) in [5.74, 6) is 1.06. The smallest absolute Gasteiger partial charge is 0.240 e. The molecule has 1 aliphatic heterocycles. The number of hydrogen-bond donors (Lipinski definition) is 1. The van der Waals surface area contributed by atoms with E-state index >= 15 is 0 Å². The monoisotopic (exact) mass is 255 g/mol. The van der Waals surface area contributed by atoms with E-state index in [2.05, 4.69) is 13.8 Å². The fourth-order valence-corrected chi connectivity index (χ4v) is 2.93. The van der Waals surface area contributed by atoms with Crippen molar-refractivity contribution in [3.8, 4) is 0 Å². The molecule has 4 nitrogen and oxygen atoms in total. The molecule has 0 aliphatic carbocycles. The Balaban J connectivity index is 2.70. The molecular weight excluding hydrogens is 226 g/mol. The molecule has 0 aromatic heterocycles. The van der Waals surface area contributed by atoms with Gasteiger partial charge in [-0.3, -0.25) is 9.69 Å². The average Bonchev–Trinajstić information content (AvgIpc) is 2.28. The second-order valence-electron chi connectivity index (χ2n) is 6.20. The summed E-state index contributed by atoms with van der Waals surface area (Å²) in [7, 11) is 3.96. The highest BCUT2D eigenvalue weighted by molar-refractivity contribution is 5.82. The van der Waals surface area contributed by atoms with E-state index in [0.29, 0.717) is 11.8 Å². The molecule has 2 N–H and O–H groups in total. The topological polar surface area (TPSA) is 49.6 Å². The van der Waals surface area contributed by atoms with E-state index in [4.69, 9.17) is 5.73 Å². The second kappa shape index (κ2) is 6.53. The molecule has 0 aromatic rings. The van der Waals surface area contributed by atoms with Crippen LogP contribution in [0.15, 0.2) is 0 Å². The van der Waals surface area contributed by atoms with Gasteiger partial charge in [0.2, 0.25) is 5.91 Å². The molecule has 0 bridgehead atoms. The van der Waals surface area contributed by atoms with Crippen LogP contribution in [0.5, 0.6) is 0 Å². The van der Waals surface area contributed by atoms with Crippen molar-refractivity contribution in [3.05, 3.63) is 0 Å². The molecule has 0 radical (unpaired) electrons. The SMILES string of the molecule is CC(C)C(C(=O)N1CCCC(C(C)N)C1)N(C)C. The van der Waals surface area contributed by atoms with Crippen molar-refractivity contribution in [1.82, 2.24) is 9.80 Å². The van der Waals surface area contributed by atoms with E-state index < -0.39 is 0 Å². The molecule has 1 saturated heterocycles. The summed E-state index contributed by atoms with van der Waals surface area (Å²) in [6.07, 6.45) is 2.23. The molecule has 3 unspecified atom stereocenters. The van der Waals surface area contributed by atoms with Gasteiger partial charge >= 0.3 is 0 Å². The maximum atomic E-state index is 12.6. The van der Waals surface area contributed by atoms with Crippen LogP contribution in [0.4, 0.5) is 0 Å². The first-order valence-corrected chi connectivity index (χ1v) is 7.05. The zero-order valence-corrected chi connectivity index (χ0v) is 12.5. The molecule has 1 fully saturated rings. The lowest BCUT2D eigenvalue weighted by atomic mass is 9.91. The molecule has 1 amide bonds. The third kappa shape index (κ3) is 3.69. The molecule has 0 spiro atoms. The van der Waals surface area contributed by atoms with Crippen molar-refractivity contribution < 1.29 is 4.79 Å². The summed E-state index contributed by atoms with van der Waals surface area (Å²) < 4.78 is 0. The van der Waals surface area contributed by atoms with E-state index in [9.17, 15) is 4.79 Å². The fraction of sp³-hybridized carbons (Fsp3) is 0.929. The number of carbonyl (C=O) groups excluding carboxylic acids is 1. The van der Waals surface area contributed by atoms with Gasteiger partial charge in [-0.05, 0) is 45.7 Å². The number of carbonyl (C=O) groups is 1. The van der Waals surface area contributed by atoms with Gasteiger partial charge in [0.1, 0.15) is 0 Å². The lowest BCUT2D eigenvalue weighted by Crippen LogP contribution is -2.53. The Kier molecular flexibility index (Phi) is 5.60. The highest BCUT2D eigenvalue weighted by atomic mass is 16.2. The molecular formula is C14H29N3O. The van der Waals surface area contributed by atoms with Crippen molar-refractivity contribution >= 4 is 5.91 Å². The van der Waals surface area contributed by atoms with Crippen LogP contribution >= 0.6 is 0 Å². The first kappa shape index (κ1) is 15.4. The molecule has 106 valence electrons. The van der Waals surface area contributed by atoms with E-state index in [-0.39, 0.29) is 18.0 Å². The van der Waals surface area contributed by atoms with Crippen molar-refractivity contribution in [2.24, 2.45) is 17.6 Å². The molecule has 1 rings (SSSR count). The Morgan fingerprint density at radius 2 is 1.94 bits per heavy atom. The van der Waals surface area contributed by atoms with Crippen molar-refractivity contribution in [2.45, 2.75) is 45.7 Å². The number of rotatable bonds is 4. The van der Waals surface area contributed by atoms with Gasteiger partial charge < -0.3 is 10.6 Å². The summed E-state index contributed by atoms with van der Waals surface area (Å²) in [6.45, 7) is 7.97. The van der Waals surface area contributed by atoms with Crippen LogP contribution in [0, 0.1) is 11.8 Å². The Morgan fingerprint density at radius 1 is 1.33 bits per heavy atom. The van der Waals surface area contributed by atoms with Crippen LogP contribution in [0.1, 0.15) is 33.6 Å². The quantitative estimate of drug-likeness (QED) is 0.820. The zero-order chi connectivity index (χ0) is 13.9. The van der Waals surface area contributed by atoms with Gasteiger partial charge in [-0.1, -0.05) is 13.8 Å². The summed E-state index contributed by atoms with van der Waals surface area (Å²) in [5, 5.41) is 0. The van der Waals surface area contributed by atoms with Gasteiger partial charge in [-0.25, -0.2) is 0 Å². The number of nitrogens with zero attached hydrogens (tertiary/aromatic N) is 2. The van der Waals surface area contributed by atoms with E-state index in [1.165, 1.54) is 0 Å². The Labute approximate surface area is 111 Å². The number of hydrogen-bond acceptors (Lipinski definition) is 3. The lowest BCUT2D eigenvalue weighted by molar-refractivity contribution is -0.139. The normalized spacial score (nSPS) is 24.4. The van der Waals surface area contributed by atoms with Crippen LogP contribution in [0.2, 0.25) is 0 Å². The standard InChI is InChI=1S/C14H29N3O/c1-10(2)13(16(4)5)14(18)17-8-6-7-12(9-17)11(3)15/h10-13H,6-9,15H2,1-5H3. The highest BCUT2D eigenvalue weighted by Gasteiger charge is 2.32. The summed E-state index contributed by atoms with van der Waals surface area (Å²) in [5.41, 5.74) is 5.98. The minimum Gasteiger partial charge on any atom is -0.341 e. The van der Waals surface area contributed by atoms with Crippen LogP contribution in [-0.2, 0) is 4.79 Å². The minimum atomic E-state index is -0.0168. The molecule has 4 heteroatoms. The van der Waals surface area contributed by atoms with Gasteiger partial charge in [0, 0.05) is 19.1 Å². The van der Waals surface area contributed by atoms with Crippen molar-refractivity contribution in [3.63, 3.8) is 0 Å². The predicted molar refractivity (Wildman–Crippen MR) is 75.3 cm³/mol. The summed E-state index contributed by atoms with van der Waals surface area (Å²) >= 11 is 0. The van der Waals surface area contributed by atoms with Gasteiger partial charge in [-0.15, -0.1) is 0 Å². The van der Waals surface area contributed by atoms with Crippen LogP contribution in [0.3, 0.4) is 0 Å². The van der Waals surface area contributed by atoms with Gasteiger partial charge in [-0.2, -0.15) is 0 Å². The minimum absolute atomic E-state index is 0.0168. The highest BCUT2D eigenvalue weighted by Crippen LogP contribution is 2.21. The summed E-state index contributed by atoms with van der Waals surface area (Å²) in [6, 6.07) is 0.161. The Hall–Kier alpha value is -0.610. The second-order valence-corrected chi connectivity index (χ2v) is 6.20. The number of nitrogens with two attached hydrogens (primary N) is 1. The third-order valence-corrected chi connectivity index (χ3v) is 3.95. The fourth-order valence-electron chi connectivity index (χ4n) is 2.93. The zero-order valence-electron chi connectivity index (χ0n) is 12.5. The number of amides is 1. The van der Waals surface area contributed by atoms with Crippen LogP contribution < -0.4 is 5.73 Å². The third-order valence-electron chi connectivity index (χ3n) is 3.95. The molecule has 1 aliphatic rings. The van der Waals surface area contributed by atoms with E-state index in [1.54, 1.807) is 0 Å². The molecule has 0 aromatic carbocycles. The Bertz CT molecular complexity index is 268. The maximum absolute atomic E-state index is 12.6. The predicted octanol–water partition coefficient (Wildman–Crippen LogP) is 1.16. The average molecular weight is 255 g/mol. The van der Waals surface area contributed by atoms with Crippen LogP contribution in [-0.4, -0.2) is 55.0 Å². The van der Waals surface area contributed by atoms with Crippen molar-refractivity contribution in [1.29, 1.82) is 0 Å². The molecule has 0 saturated carbocycles. The van der Waals surface area contributed by atoms with E-state index in [0.717, 1.165) is 25.9 Å². The summed E-state index contributed by atoms with van der Waals surface area (Å²) in [4.78, 5) is 16.6. The number of piperidine rings is 1.